The molecule has 1 fully saturated rings. The van der Waals surface area contributed by atoms with Crippen LogP contribution in [0.5, 0.6) is 17.2 Å². The number of rotatable bonds is 6. The molecule has 4 nitrogen and oxygen atoms in total. The van der Waals surface area contributed by atoms with Crippen LogP contribution in [0.3, 0.4) is 0 Å². The lowest BCUT2D eigenvalue weighted by Gasteiger charge is -2.40. The van der Waals surface area contributed by atoms with Crippen LogP contribution in [0.1, 0.15) is 13.3 Å². The predicted molar refractivity (Wildman–Crippen MR) is 73.6 cm³/mol. The first-order valence-corrected chi connectivity index (χ1v) is 6.78. The van der Waals surface area contributed by atoms with Crippen molar-refractivity contribution in [3.05, 3.63) is 18.2 Å². The second-order valence-electron chi connectivity index (χ2n) is 4.32. The van der Waals surface area contributed by atoms with E-state index >= 15 is 0 Å². The molecule has 19 heavy (non-hydrogen) atoms. The Morgan fingerprint density at radius 3 is 2.32 bits per heavy atom. The SMILES string of the molecule is CCOC1C(Cl)CC1Oc1c(OC)cccc1OC. The van der Waals surface area contributed by atoms with Crippen LogP contribution in [0, 0.1) is 0 Å². The minimum atomic E-state index is -0.0821. The summed E-state index contributed by atoms with van der Waals surface area (Å²) in [5.41, 5.74) is 0. The minimum Gasteiger partial charge on any atom is -0.493 e. The number of benzene rings is 1. The standard InChI is InChI=1S/C14H19ClO4/c1-4-18-13-9(15)8-12(13)19-14-10(16-2)6-5-7-11(14)17-3/h5-7,9,12-13H,4,8H2,1-3H3. The van der Waals surface area contributed by atoms with Crippen molar-refractivity contribution in [2.75, 3.05) is 20.8 Å². The van der Waals surface area contributed by atoms with Crippen molar-refractivity contribution in [2.45, 2.75) is 30.9 Å². The average molecular weight is 287 g/mol. The van der Waals surface area contributed by atoms with Gasteiger partial charge in [-0.1, -0.05) is 6.07 Å². The quantitative estimate of drug-likeness (QED) is 0.754. The number of alkyl halides is 1. The molecule has 1 aromatic carbocycles. The first kappa shape index (κ1) is 14.3. The van der Waals surface area contributed by atoms with Gasteiger partial charge in [0.25, 0.3) is 0 Å². The molecule has 5 heteroatoms. The van der Waals surface area contributed by atoms with Gasteiger partial charge in [0.05, 0.1) is 19.6 Å². The van der Waals surface area contributed by atoms with E-state index in [0.717, 1.165) is 6.42 Å². The van der Waals surface area contributed by atoms with Gasteiger partial charge in [0.15, 0.2) is 11.5 Å². The highest BCUT2D eigenvalue weighted by molar-refractivity contribution is 6.21. The molecule has 2 rings (SSSR count). The summed E-state index contributed by atoms with van der Waals surface area (Å²) in [6.07, 6.45) is 0.613. The molecule has 106 valence electrons. The van der Waals surface area contributed by atoms with Crippen LogP contribution in [0.4, 0.5) is 0 Å². The van der Waals surface area contributed by atoms with Crippen LogP contribution in [0.15, 0.2) is 18.2 Å². The lowest BCUT2D eigenvalue weighted by atomic mass is 9.91. The van der Waals surface area contributed by atoms with Gasteiger partial charge >= 0.3 is 0 Å². The first-order chi connectivity index (χ1) is 9.21. The van der Waals surface area contributed by atoms with Gasteiger partial charge in [-0.2, -0.15) is 0 Å². The van der Waals surface area contributed by atoms with E-state index in [1.165, 1.54) is 0 Å². The highest BCUT2D eigenvalue weighted by Crippen LogP contribution is 2.41. The Hall–Kier alpha value is -1.13. The highest BCUT2D eigenvalue weighted by Gasteiger charge is 2.43. The molecule has 1 aliphatic carbocycles. The summed E-state index contributed by atoms with van der Waals surface area (Å²) >= 11 is 6.13. The van der Waals surface area contributed by atoms with Gasteiger partial charge in [0.1, 0.15) is 12.2 Å². The Bertz CT molecular complexity index is 402. The Kier molecular flexibility index (Phi) is 4.77. The smallest absolute Gasteiger partial charge is 0.203 e. The van der Waals surface area contributed by atoms with Crippen LogP contribution in [0.2, 0.25) is 0 Å². The highest BCUT2D eigenvalue weighted by atomic mass is 35.5. The fraction of sp³-hybridized carbons (Fsp3) is 0.571. The zero-order valence-corrected chi connectivity index (χ0v) is 12.1. The molecule has 0 aliphatic heterocycles. The van der Waals surface area contributed by atoms with E-state index in [2.05, 4.69) is 0 Å². The predicted octanol–water partition coefficient (Wildman–Crippen LogP) is 2.87. The third kappa shape index (κ3) is 2.90. The lowest BCUT2D eigenvalue weighted by Crippen LogP contribution is -2.52. The minimum absolute atomic E-state index is 0.00523. The maximum Gasteiger partial charge on any atom is 0.203 e. The summed E-state index contributed by atoms with van der Waals surface area (Å²) in [5.74, 6) is 1.89. The van der Waals surface area contributed by atoms with E-state index in [4.69, 9.17) is 30.5 Å². The summed E-state index contributed by atoms with van der Waals surface area (Å²) in [6.45, 7) is 2.57. The topological polar surface area (TPSA) is 36.9 Å². The number of ether oxygens (including phenoxy) is 4. The van der Waals surface area contributed by atoms with Crippen molar-refractivity contribution < 1.29 is 18.9 Å². The molecule has 3 unspecified atom stereocenters. The maximum atomic E-state index is 6.13. The molecule has 1 saturated carbocycles. The fourth-order valence-electron chi connectivity index (χ4n) is 2.13. The molecule has 0 heterocycles. The Morgan fingerprint density at radius 2 is 1.84 bits per heavy atom. The number of para-hydroxylation sites is 1. The first-order valence-electron chi connectivity index (χ1n) is 6.34. The monoisotopic (exact) mass is 286 g/mol. The molecule has 1 aromatic rings. The summed E-state index contributed by atoms with van der Waals surface area (Å²) in [7, 11) is 3.21. The molecule has 3 atom stereocenters. The molecule has 0 radical (unpaired) electrons. The molecule has 0 amide bonds. The van der Waals surface area contributed by atoms with Crippen molar-refractivity contribution in [3.8, 4) is 17.2 Å². The van der Waals surface area contributed by atoms with Crippen LogP contribution in [0.25, 0.3) is 0 Å². The molecule has 0 N–H and O–H groups in total. The summed E-state index contributed by atoms with van der Waals surface area (Å²) in [5, 5.41) is 0.00523. The Labute approximate surface area is 118 Å². The Balaban J connectivity index is 2.14. The largest absolute Gasteiger partial charge is 0.493 e. The zero-order chi connectivity index (χ0) is 13.8. The van der Waals surface area contributed by atoms with Crippen LogP contribution >= 0.6 is 11.6 Å². The summed E-state index contributed by atoms with van der Waals surface area (Å²) in [4.78, 5) is 0. The van der Waals surface area contributed by atoms with Gasteiger partial charge in [-0.3, -0.25) is 0 Å². The second-order valence-corrected chi connectivity index (χ2v) is 4.88. The fourth-order valence-corrected chi connectivity index (χ4v) is 2.54. The molecule has 0 saturated heterocycles. The van der Waals surface area contributed by atoms with Crippen LogP contribution in [-0.2, 0) is 4.74 Å². The van der Waals surface area contributed by atoms with Crippen LogP contribution in [-0.4, -0.2) is 38.4 Å². The van der Waals surface area contributed by atoms with Crippen molar-refractivity contribution in [3.63, 3.8) is 0 Å². The number of methoxy groups -OCH3 is 2. The van der Waals surface area contributed by atoms with Gasteiger partial charge in [-0.15, -0.1) is 11.6 Å². The van der Waals surface area contributed by atoms with Gasteiger partial charge in [-0.25, -0.2) is 0 Å². The zero-order valence-electron chi connectivity index (χ0n) is 11.4. The average Bonchev–Trinajstić information content (AvgIpc) is 2.44. The maximum absolute atomic E-state index is 6.13. The van der Waals surface area contributed by atoms with Crippen molar-refractivity contribution in [2.24, 2.45) is 0 Å². The molecular weight excluding hydrogens is 268 g/mol. The third-order valence-corrected chi connectivity index (χ3v) is 3.62. The van der Waals surface area contributed by atoms with Crippen molar-refractivity contribution in [1.29, 1.82) is 0 Å². The molecule has 1 aliphatic rings. The van der Waals surface area contributed by atoms with Gasteiger partial charge < -0.3 is 18.9 Å². The normalized spacial score (nSPS) is 25.6. The number of hydrogen-bond donors (Lipinski definition) is 0. The van der Waals surface area contributed by atoms with Gasteiger partial charge in [0.2, 0.25) is 5.75 Å². The lowest BCUT2D eigenvalue weighted by molar-refractivity contribution is -0.0771. The van der Waals surface area contributed by atoms with E-state index in [0.29, 0.717) is 23.9 Å². The van der Waals surface area contributed by atoms with Crippen molar-refractivity contribution >= 4 is 11.6 Å². The number of hydrogen-bond acceptors (Lipinski definition) is 4. The molecule has 0 bridgehead atoms. The van der Waals surface area contributed by atoms with E-state index < -0.39 is 0 Å². The summed E-state index contributed by atoms with van der Waals surface area (Å²) < 4.78 is 22.2. The van der Waals surface area contributed by atoms with E-state index in [-0.39, 0.29) is 17.6 Å². The van der Waals surface area contributed by atoms with E-state index in [9.17, 15) is 0 Å². The molecule has 0 aromatic heterocycles. The molecule has 0 spiro atoms. The van der Waals surface area contributed by atoms with E-state index in [1.807, 2.05) is 25.1 Å². The van der Waals surface area contributed by atoms with E-state index in [1.54, 1.807) is 14.2 Å². The van der Waals surface area contributed by atoms with Crippen LogP contribution < -0.4 is 14.2 Å². The number of halogens is 1. The van der Waals surface area contributed by atoms with Gasteiger partial charge in [0, 0.05) is 13.0 Å². The van der Waals surface area contributed by atoms with Crippen molar-refractivity contribution in [1.82, 2.24) is 0 Å². The molecular formula is C14H19ClO4. The third-order valence-electron chi connectivity index (χ3n) is 3.19. The second kappa shape index (κ2) is 6.35. The Morgan fingerprint density at radius 1 is 1.21 bits per heavy atom. The van der Waals surface area contributed by atoms with Gasteiger partial charge in [-0.05, 0) is 19.1 Å². The summed E-state index contributed by atoms with van der Waals surface area (Å²) in [6, 6.07) is 5.53.